The third-order valence-corrected chi connectivity index (χ3v) is 10.7. The first-order valence-electron chi connectivity index (χ1n) is 12.1. The molecule has 0 radical (unpaired) electrons. The molecule has 1 N–H and O–H groups in total. The lowest BCUT2D eigenvalue weighted by Gasteiger charge is -2.57. The summed E-state index contributed by atoms with van der Waals surface area (Å²) in [4.78, 5) is 13.6. The van der Waals surface area contributed by atoms with E-state index in [0.717, 1.165) is 53.7 Å². The Kier molecular flexibility index (Phi) is 5.25. The van der Waals surface area contributed by atoms with Crippen LogP contribution in [0.5, 0.6) is 0 Å². The molecule has 1 aromatic carbocycles. The van der Waals surface area contributed by atoms with Crippen LogP contribution >= 0.6 is 0 Å². The number of nitrogens with one attached hydrogen (secondary N) is 1. The van der Waals surface area contributed by atoms with Gasteiger partial charge in [0.15, 0.2) is 0 Å². The summed E-state index contributed by atoms with van der Waals surface area (Å²) in [6, 6.07) is 3.87. The van der Waals surface area contributed by atoms with E-state index >= 15 is 0 Å². The number of benzene rings is 1. The zero-order chi connectivity index (χ0) is 22.0. The molecule has 5 nitrogen and oxygen atoms in total. The van der Waals surface area contributed by atoms with Crippen molar-refractivity contribution in [3.05, 3.63) is 28.8 Å². The third-order valence-electron chi connectivity index (χ3n) is 8.45. The molecular weight excluding hydrogens is 408 g/mol. The number of carbonyl (C=O) groups excluding carboxylic acids is 1. The average molecular weight is 445 g/mol. The molecule has 4 saturated carbocycles. The number of hydrogen-bond donors (Lipinski definition) is 1. The van der Waals surface area contributed by atoms with Crippen LogP contribution in [-0.4, -0.2) is 37.3 Å². The minimum absolute atomic E-state index is 0.0329. The predicted octanol–water partition coefficient (Wildman–Crippen LogP) is 4.10. The quantitative estimate of drug-likeness (QED) is 0.760. The molecule has 1 aromatic rings. The van der Waals surface area contributed by atoms with Gasteiger partial charge in [-0.1, -0.05) is 17.7 Å². The number of piperidine rings is 1. The van der Waals surface area contributed by atoms with Gasteiger partial charge in [-0.3, -0.25) is 4.79 Å². The molecule has 1 saturated heterocycles. The summed E-state index contributed by atoms with van der Waals surface area (Å²) in [7, 11) is -3.53. The van der Waals surface area contributed by atoms with Crippen molar-refractivity contribution in [3.63, 3.8) is 0 Å². The molecular formula is C25H36N2O3S. The van der Waals surface area contributed by atoms with Crippen molar-refractivity contribution in [2.75, 3.05) is 13.1 Å². The van der Waals surface area contributed by atoms with E-state index in [1.54, 1.807) is 4.31 Å². The normalized spacial score (nSPS) is 33.6. The summed E-state index contributed by atoms with van der Waals surface area (Å²) in [6.45, 7) is 6.59. The maximum atomic E-state index is 13.3. The molecule has 170 valence electrons. The zero-order valence-electron chi connectivity index (χ0n) is 19.1. The van der Waals surface area contributed by atoms with Crippen molar-refractivity contribution < 1.29 is 13.2 Å². The summed E-state index contributed by atoms with van der Waals surface area (Å²) < 4.78 is 28.3. The van der Waals surface area contributed by atoms with Gasteiger partial charge in [-0.2, -0.15) is 4.31 Å². The van der Waals surface area contributed by atoms with Gasteiger partial charge < -0.3 is 5.32 Å². The van der Waals surface area contributed by atoms with Crippen molar-refractivity contribution in [2.45, 2.75) is 82.6 Å². The fourth-order valence-corrected chi connectivity index (χ4v) is 9.57. The minimum atomic E-state index is -3.53. The van der Waals surface area contributed by atoms with Crippen LogP contribution in [-0.2, 0) is 14.8 Å². The monoisotopic (exact) mass is 444 g/mol. The van der Waals surface area contributed by atoms with Gasteiger partial charge in [0.25, 0.3) is 0 Å². The van der Waals surface area contributed by atoms with E-state index in [2.05, 4.69) is 5.32 Å². The Balaban J connectivity index is 1.24. The van der Waals surface area contributed by atoms with Gasteiger partial charge in [0, 0.05) is 24.5 Å². The molecule has 0 spiro atoms. The van der Waals surface area contributed by atoms with Crippen molar-refractivity contribution in [1.29, 1.82) is 0 Å². The predicted molar refractivity (Wildman–Crippen MR) is 121 cm³/mol. The van der Waals surface area contributed by atoms with Crippen LogP contribution in [0.3, 0.4) is 0 Å². The summed E-state index contributed by atoms with van der Waals surface area (Å²) in [6.07, 6.45) is 8.79. The molecule has 31 heavy (non-hydrogen) atoms. The van der Waals surface area contributed by atoms with Gasteiger partial charge in [0.1, 0.15) is 0 Å². The molecule has 0 atom stereocenters. The number of amides is 1. The SMILES string of the molecule is Cc1cc(C)c(S(=O)(=O)N2CCC(C(=O)NC34CC5CC(CC(C5)C3)C4)CC2)c(C)c1. The zero-order valence-corrected chi connectivity index (χ0v) is 19.9. The molecule has 0 aromatic heterocycles. The largest absolute Gasteiger partial charge is 0.350 e. The smallest absolute Gasteiger partial charge is 0.243 e. The highest BCUT2D eigenvalue weighted by molar-refractivity contribution is 7.89. The van der Waals surface area contributed by atoms with Crippen molar-refractivity contribution in [3.8, 4) is 0 Å². The lowest BCUT2D eigenvalue weighted by atomic mass is 9.53. The lowest BCUT2D eigenvalue weighted by Crippen LogP contribution is -2.61. The first-order chi connectivity index (χ1) is 14.6. The molecule has 5 fully saturated rings. The van der Waals surface area contributed by atoms with E-state index in [9.17, 15) is 13.2 Å². The van der Waals surface area contributed by atoms with Crippen LogP contribution in [0.4, 0.5) is 0 Å². The Labute approximate surface area is 187 Å². The Morgan fingerprint density at radius 2 is 1.42 bits per heavy atom. The van der Waals surface area contributed by atoms with Crippen LogP contribution in [0.15, 0.2) is 17.0 Å². The first kappa shape index (κ1) is 21.4. The van der Waals surface area contributed by atoms with E-state index in [1.807, 2.05) is 32.9 Å². The second-order valence-corrected chi connectivity index (χ2v) is 13.0. The molecule has 1 aliphatic heterocycles. The summed E-state index contributed by atoms with van der Waals surface area (Å²) in [5, 5.41) is 3.50. The molecule has 4 bridgehead atoms. The Bertz CT molecular complexity index is 934. The van der Waals surface area contributed by atoms with E-state index in [1.165, 1.54) is 19.3 Å². The van der Waals surface area contributed by atoms with Crippen LogP contribution < -0.4 is 5.32 Å². The molecule has 6 heteroatoms. The van der Waals surface area contributed by atoms with Crippen LogP contribution in [0.1, 0.15) is 68.1 Å². The molecule has 6 rings (SSSR count). The van der Waals surface area contributed by atoms with Gasteiger partial charge in [-0.25, -0.2) is 8.42 Å². The van der Waals surface area contributed by atoms with E-state index in [4.69, 9.17) is 0 Å². The number of nitrogens with zero attached hydrogens (tertiary/aromatic N) is 1. The summed E-state index contributed by atoms with van der Waals surface area (Å²) in [5.41, 5.74) is 2.72. The number of rotatable bonds is 4. The first-order valence-corrected chi connectivity index (χ1v) is 13.5. The van der Waals surface area contributed by atoms with Crippen molar-refractivity contribution >= 4 is 15.9 Å². The molecule has 1 amide bonds. The van der Waals surface area contributed by atoms with Gasteiger partial charge in [0.2, 0.25) is 15.9 Å². The fraction of sp³-hybridized carbons (Fsp3) is 0.720. The maximum Gasteiger partial charge on any atom is 0.243 e. The summed E-state index contributed by atoms with van der Waals surface area (Å²) >= 11 is 0. The standard InChI is InChI=1S/C25H36N2O3S/c1-16-8-17(2)23(18(3)9-16)31(29,30)27-6-4-22(5-7-27)24(28)26-25-13-19-10-20(14-25)12-21(11-19)15-25/h8-9,19-22H,4-7,10-15H2,1-3H3,(H,26,28). The fourth-order valence-electron chi connectivity index (χ4n) is 7.69. The van der Waals surface area contributed by atoms with Crippen molar-refractivity contribution in [2.24, 2.45) is 23.7 Å². The average Bonchev–Trinajstić information content (AvgIpc) is 2.65. The Morgan fingerprint density at radius 1 is 0.935 bits per heavy atom. The third kappa shape index (κ3) is 3.84. The maximum absolute atomic E-state index is 13.3. The van der Waals surface area contributed by atoms with Crippen LogP contribution in [0.25, 0.3) is 0 Å². The second kappa shape index (κ2) is 7.58. The molecule has 0 unspecified atom stereocenters. The van der Waals surface area contributed by atoms with Gasteiger partial charge >= 0.3 is 0 Å². The Morgan fingerprint density at radius 3 is 1.90 bits per heavy atom. The molecule has 5 aliphatic rings. The number of hydrogen-bond acceptors (Lipinski definition) is 3. The summed E-state index contributed by atoms with van der Waals surface area (Å²) in [5.74, 6) is 2.51. The van der Waals surface area contributed by atoms with E-state index in [0.29, 0.717) is 30.8 Å². The highest BCUT2D eigenvalue weighted by Crippen LogP contribution is 2.55. The van der Waals surface area contributed by atoms with Crippen LogP contribution in [0, 0.1) is 44.4 Å². The van der Waals surface area contributed by atoms with Gasteiger partial charge in [0.05, 0.1) is 4.90 Å². The van der Waals surface area contributed by atoms with Gasteiger partial charge in [-0.05, 0) is 101 Å². The number of carbonyl (C=O) groups is 1. The molecule has 4 aliphatic carbocycles. The minimum Gasteiger partial charge on any atom is -0.350 e. The highest BCUT2D eigenvalue weighted by atomic mass is 32.2. The van der Waals surface area contributed by atoms with Crippen LogP contribution in [0.2, 0.25) is 0 Å². The van der Waals surface area contributed by atoms with E-state index < -0.39 is 10.0 Å². The van der Waals surface area contributed by atoms with Crippen molar-refractivity contribution in [1.82, 2.24) is 9.62 Å². The van der Waals surface area contributed by atoms with Gasteiger partial charge in [-0.15, -0.1) is 0 Å². The number of aryl methyl sites for hydroxylation is 3. The van der Waals surface area contributed by atoms with E-state index in [-0.39, 0.29) is 17.4 Å². The molecule has 1 heterocycles. The highest BCUT2D eigenvalue weighted by Gasteiger charge is 2.52. The Hall–Kier alpha value is -1.40. The number of sulfonamides is 1. The topological polar surface area (TPSA) is 66.5 Å². The second-order valence-electron chi connectivity index (χ2n) is 11.1. The lowest BCUT2D eigenvalue weighted by molar-refractivity contribution is -0.132.